The van der Waals surface area contributed by atoms with Crippen LogP contribution in [-0.2, 0) is 5.41 Å². The van der Waals surface area contributed by atoms with E-state index in [1.165, 1.54) is 120 Å². The van der Waals surface area contributed by atoms with E-state index in [-0.39, 0.29) is 5.41 Å². The summed E-state index contributed by atoms with van der Waals surface area (Å²) in [5.74, 6) is 0. The maximum atomic E-state index is 2.51. The summed E-state index contributed by atoms with van der Waals surface area (Å²) in [5, 5.41) is 15.6. The largest absolute Gasteiger partial charge is 0.0616 e. The summed E-state index contributed by atoms with van der Waals surface area (Å²) in [7, 11) is 0. The van der Waals surface area contributed by atoms with Gasteiger partial charge in [-0.1, -0.05) is 196 Å². The van der Waals surface area contributed by atoms with Crippen LogP contribution in [0, 0.1) is 0 Å². The van der Waals surface area contributed by atoms with E-state index >= 15 is 0 Å². The van der Waals surface area contributed by atoms with Crippen molar-refractivity contribution in [3.8, 4) is 44.5 Å². The van der Waals surface area contributed by atoms with Crippen molar-refractivity contribution in [1.29, 1.82) is 0 Å². The molecule has 0 aromatic heterocycles. The zero-order chi connectivity index (χ0) is 37.8. The number of fused-ring (bicyclic) bond motifs is 13. The quantitative estimate of drug-likeness (QED) is 0.126. The Morgan fingerprint density at radius 2 is 0.754 bits per heavy atom. The lowest BCUT2D eigenvalue weighted by Gasteiger charge is -2.25. The second-order valence-corrected chi connectivity index (χ2v) is 16.3. The molecule has 0 N–H and O–H groups in total. The topological polar surface area (TPSA) is 0 Å². The highest BCUT2D eigenvalue weighted by Crippen LogP contribution is 2.55. The van der Waals surface area contributed by atoms with Crippen LogP contribution in [0.2, 0.25) is 0 Å². The molecule has 0 heteroatoms. The van der Waals surface area contributed by atoms with E-state index in [0.717, 1.165) is 0 Å². The van der Waals surface area contributed by atoms with Gasteiger partial charge in [-0.05, 0) is 132 Å². The Morgan fingerprint density at radius 3 is 1.40 bits per heavy atom. The summed E-state index contributed by atoms with van der Waals surface area (Å²) in [6.45, 7) is 4.88. The van der Waals surface area contributed by atoms with E-state index in [2.05, 4.69) is 208 Å². The molecule has 0 aliphatic heterocycles. The Kier molecular flexibility index (Phi) is 6.78. The summed E-state index contributed by atoms with van der Waals surface area (Å²) in [5.41, 5.74) is 12.9. The van der Waals surface area contributed by atoms with Crippen LogP contribution in [0.25, 0.3) is 109 Å². The van der Waals surface area contributed by atoms with Gasteiger partial charge >= 0.3 is 0 Å². The molecule has 1 aliphatic rings. The van der Waals surface area contributed by atoms with Gasteiger partial charge in [0.15, 0.2) is 0 Å². The average molecular weight is 723 g/mol. The molecule has 0 unspecified atom stereocenters. The summed E-state index contributed by atoms with van der Waals surface area (Å²) in [4.78, 5) is 0. The normalized spacial score (nSPS) is 13.2. The summed E-state index contributed by atoms with van der Waals surface area (Å²) in [6.07, 6.45) is 0. The standard InChI is InChI=1S/C57H38/c1-57(2)52-34-38(29-30-44(52)51-32-31-50-43-22-6-5-20-41(43)42-21-7-8-23-45(42)55(50)56(51)57)54-48-26-11-9-24-46(48)53(47-25-10-12-27-49(47)54)37-18-13-17-36(33-37)40-28-14-16-35-15-3-4-19-39(35)40/h3-34H,1-2H3. The van der Waals surface area contributed by atoms with Crippen LogP contribution in [-0.4, -0.2) is 0 Å². The molecule has 0 radical (unpaired) electrons. The minimum atomic E-state index is -0.209. The van der Waals surface area contributed by atoms with Crippen molar-refractivity contribution >= 4 is 64.6 Å². The molecule has 1 aliphatic carbocycles. The van der Waals surface area contributed by atoms with Crippen LogP contribution in [0.1, 0.15) is 25.0 Å². The van der Waals surface area contributed by atoms with Gasteiger partial charge in [0.2, 0.25) is 0 Å². The fraction of sp³-hybridized carbons (Fsp3) is 0.0526. The first kappa shape index (κ1) is 32.2. The fourth-order valence-electron chi connectivity index (χ4n) is 10.5. The van der Waals surface area contributed by atoms with Crippen molar-refractivity contribution in [3.05, 3.63) is 205 Å². The Balaban J connectivity index is 1.08. The molecule has 0 saturated carbocycles. The SMILES string of the molecule is CC1(C)c2cc(-c3c4ccccc4c(-c4cccc(-c5cccc6ccccc56)c4)c4ccccc34)ccc2-c2ccc3c4ccccc4c4ccccc4c3c21. The fourth-order valence-corrected chi connectivity index (χ4v) is 10.5. The molecule has 11 aromatic carbocycles. The van der Waals surface area contributed by atoms with E-state index in [4.69, 9.17) is 0 Å². The lowest BCUT2D eigenvalue weighted by molar-refractivity contribution is 0.667. The third-order valence-corrected chi connectivity index (χ3v) is 13.0. The van der Waals surface area contributed by atoms with Crippen molar-refractivity contribution in [2.75, 3.05) is 0 Å². The molecule has 266 valence electrons. The number of hydrogen-bond acceptors (Lipinski definition) is 0. The van der Waals surface area contributed by atoms with E-state index in [0.29, 0.717) is 0 Å². The summed E-state index contributed by atoms with van der Waals surface area (Å²) >= 11 is 0. The Labute approximate surface area is 332 Å². The van der Waals surface area contributed by atoms with Gasteiger partial charge < -0.3 is 0 Å². The Hall–Kier alpha value is -7.02. The van der Waals surface area contributed by atoms with Gasteiger partial charge in [-0.2, -0.15) is 0 Å². The lowest BCUT2D eigenvalue weighted by atomic mass is 9.77. The van der Waals surface area contributed by atoms with Crippen molar-refractivity contribution in [1.82, 2.24) is 0 Å². The molecular weight excluding hydrogens is 685 g/mol. The van der Waals surface area contributed by atoms with Crippen molar-refractivity contribution in [3.63, 3.8) is 0 Å². The van der Waals surface area contributed by atoms with Gasteiger partial charge in [0.05, 0.1) is 0 Å². The van der Waals surface area contributed by atoms with Gasteiger partial charge in [-0.3, -0.25) is 0 Å². The van der Waals surface area contributed by atoms with E-state index in [1.54, 1.807) is 0 Å². The molecule has 0 nitrogen and oxygen atoms in total. The number of benzene rings is 11. The van der Waals surface area contributed by atoms with Crippen LogP contribution in [0.15, 0.2) is 194 Å². The van der Waals surface area contributed by atoms with Crippen molar-refractivity contribution in [2.24, 2.45) is 0 Å². The highest BCUT2D eigenvalue weighted by atomic mass is 14.4. The van der Waals surface area contributed by atoms with E-state index < -0.39 is 0 Å². The van der Waals surface area contributed by atoms with Gasteiger partial charge in [-0.25, -0.2) is 0 Å². The highest BCUT2D eigenvalue weighted by molar-refractivity contribution is 6.28. The van der Waals surface area contributed by atoms with Gasteiger partial charge in [0.25, 0.3) is 0 Å². The van der Waals surface area contributed by atoms with Crippen molar-refractivity contribution < 1.29 is 0 Å². The molecule has 0 bridgehead atoms. The number of rotatable bonds is 3. The monoisotopic (exact) mass is 722 g/mol. The van der Waals surface area contributed by atoms with E-state index in [9.17, 15) is 0 Å². The van der Waals surface area contributed by atoms with Crippen LogP contribution >= 0.6 is 0 Å². The van der Waals surface area contributed by atoms with Gasteiger partial charge in [-0.15, -0.1) is 0 Å². The van der Waals surface area contributed by atoms with E-state index in [1.807, 2.05) is 0 Å². The predicted octanol–water partition coefficient (Wildman–Crippen LogP) is 15.9. The Bertz CT molecular complexity index is 3390. The van der Waals surface area contributed by atoms with Crippen LogP contribution in [0.4, 0.5) is 0 Å². The third kappa shape index (κ3) is 4.56. The third-order valence-electron chi connectivity index (χ3n) is 13.0. The molecule has 0 spiro atoms. The van der Waals surface area contributed by atoms with Crippen LogP contribution in [0.3, 0.4) is 0 Å². The zero-order valence-corrected chi connectivity index (χ0v) is 32.0. The molecule has 0 fully saturated rings. The van der Waals surface area contributed by atoms with Gasteiger partial charge in [0.1, 0.15) is 0 Å². The Morgan fingerprint density at radius 1 is 0.298 bits per heavy atom. The lowest BCUT2D eigenvalue weighted by Crippen LogP contribution is -2.16. The van der Waals surface area contributed by atoms with Crippen molar-refractivity contribution in [2.45, 2.75) is 19.3 Å². The first-order chi connectivity index (χ1) is 28.1. The zero-order valence-electron chi connectivity index (χ0n) is 32.0. The van der Waals surface area contributed by atoms with Crippen LogP contribution < -0.4 is 0 Å². The molecular formula is C57H38. The summed E-state index contributed by atoms with van der Waals surface area (Å²) in [6, 6.07) is 72.5. The first-order valence-corrected chi connectivity index (χ1v) is 20.1. The smallest absolute Gasteiger partial charge is 0.0165 e. The molecule has 0 amide bonds. The molecule has 0 atom stereocenters. The molecule has 0 saturated heterocycles. The summed E-state index contributed by atoms with van der Waals surface area (Å²) < 4.78 is 0. The average Bonchev–Trinajstić information content (AvgIpc) is 3.50. The second-order valence-electron chi connectivity index (χ2n) is 16.3. The molecule has 57 heavy (non-hydrogen) atoms. The molecule has 12 rings (SSSR count). The maximum absolute atomic E-state index is 2.51. The van der Waals surface area contributed by atoms with Gasteiger partial charge in [0, 0.05) is 5.41 Å². The molecule has 0 heterocycles. The van der Waals surface area contributed by atoms with Crippen LogP contribution in [0.5, 0.6) is 0 Å². The molecule has 11 aromatic rings. The predicted molar refractivity (Wildman–Crippen MR) is 245 cm³/mol. The second kappa shape index (κ2) is 12.0. The first-order valence-electron chi connectivity index (χ1n) is 20.1. The minimum absolute atomic E-state index is 0.209. The maximum Gasteiger partial charge on any atom is 0.0165 e. The minimum Gasteiger partial charge on any atom is -0.0616 e. The highest BCUT2D eigenvalue weighted by Gasteiger charge is 2.38. The number of hydrogen-bond donors (Lipinski definition) is 0.